The lowest BCUT2D eigenvalue weighted by molar-refractivity contribution is 0.0469. The Hall–Kier alpha value is -2.40. The van der Waals surface area contributed by atoms with Crippen LogP contribution in [0.5, 0.6) is 0 Å². The van der Waals surface area contributed by atoms with Crippen LogP contribution in [0, 0.1) is 6.92 Å². The topological polar surface area (TPSA) is 65.2 Å². The first-order chi connectivity index (χ1) is 11.1. The fourth-order valence-electron chi connectivity index (χ4n) is 2.37. The van der Waals surface area contributed by atoms with E-state index in [1.807, 2.05) is 37.3 Å². The zero-order valence-corrected chi connectivity index (χ0v) is 13.6. The van der Waals surface area contributed by atoms with Gasteiger partial charge in [-0.15, -0.1) is 0 Å². The number of nitrogens with zero attached hydrogens (tertiary/aromatic N) is 2. The maximum atomic E-state index is 12.3. The number of fused-ring (bicyclic) bond motifs is 1. The quantitative estimate of drug-likeness (QED) is 0.532. The monoisotopic (exact) mass is 330 g/mol. The van der Waals surface area contributed by atoms with Crippen molar-refractivity contribution < 1.29 is 14.1 Å². The van der Waals surface area contributed by atoms with Crippen LogP contribution in [-0.2, 0) is 17.8 Å². The molecule has 118 valence electrons. The average Bonchev–Trinajstić information content (AvgIpc) is 2.93. The second kappa shape index (κ2) is 6.38. The molecule has 0 fully saturated rings. The summed E-state index contributed by atoms with van der Waals surface area (Å²) in [7, 11) is 0. The molecule has 0 spiro atoms. The molecule has 0 bridgehead atoms. The van der Waals surface area contributed by atoms with Crippen LogP contribution in [0.3, 0.4) is 0 Å². The molecule has 2 heterocycles. The van der Waals surface area contributed by atoms with E-state index in [4.69, 9.17) is 20.9 Å². The molecule has 0 atom stereocenters. The predicted molar refractivity (Wildman–Crippen MR) is 86.5 cm³/mol. The van der Waals surface area contributed by atoms with Gasteiger partial charge in [0.15, 0.2) is 0 Å². The molecule has 23 heavy (non-hydrogen) atoms. The number of rotatable bonds is 4. The number of ether oxygens (including phenoxy) is 1. The molecule has 5 nitrogen and oxygen atoms in total. The Morgan fingerprint density at radius 1 is 1.35 bits per heavy atom. The van der Waals surface area contributed by atoms with Gasteiger partial charge in [0.2, 0.25) is 0 Å². The summed E-state index contributed by atoms with van der Waals surface area (Å²) in [4.78, 5) is 16.6. The first kappa shape index (κ1) is 15.5. The number of para-hydroxylation sites is 1. The van der Waals surface area contributed by atoms with Gasteiger partial charge in [0.1, 0.15) is 23.1 Å². The van der Waals surface area contributed by atoms with Crippen LogP contribution in [0.1, 0.15) is 34.3 Å². The molecular weight excluding hydrogens is 316 g/mol. The highest BCUT2D eigenvalue weighted by Crippen LogP contribution is 2.22. The van der Waals surface area contributed by atoms with E-state index in [0.717, 1.165) is 10.9 Å². The van der Waals surface area contributed by atoms with E-state index in [0.29, 0.717) is 34.2 Å². The van der Waals surface area contributed by atoms with Gasteiger partial charge in [-0.25, -0.2) is 9.78 Å². The lowest BCUT2D eigenvalue weighted by Crippen LogP contribution is -2.09. The molecule has 0 aliphatic rings. The lowest BCUT2D eigenvalue weighted by atomic mass is 10.1. The maximum Gasteiger partial charge on any atom is 0.344 e. The zero-order valence-electron chi connectivity index (χ0n) is 12.8. The van der Waals surface area contributed by atoms with Gasteiger partial charge in [-0.2, -0.15) is 0 Å². The first-order valence-corrected chi connectivity index (χ1v) is 7.64. The van der Waals surface area contributed by atoms with Gasteiger partial charge in [-0.3, -0.25) is 0 Å². The standard InChI is InChI=1S/C17H15ClN2O3/c1-3-13-15(10(2)23-20-13)17(21)22-9-12-8-11-6-4-5-7-14(11)19-16(12)18/h4-8H,3,9H2,1-2H3. The average molecular weight is 331 g/mol. The number of carbonyl (C=O) groups excluding carboxylic acids is 1. The van der Waals surface area contributed by atoms with E-state index in [9.17, 15) is 4.79 Å². The third-order valence-corrected chi connectivity index (χ3v) is 3.91. The number of esters is 1. The molecule has 0 saturated carbocycles. The number of hydrogen-bond donors (Lipinski definition) is 0. The number of carbonyl (C=O) groups is 1. The molecule has 6 heteroatoms. The van der Waals surface area contributed by atoms with Crippen LogP contribution in [0.4, 0.5) is 0 Å². The van der Waals surface area contributed by atoms with Crippen molar-refractivity contribution in [1.29, 1.82) is 0 Å². The second-order valence-electron chi connectivity index (χ2n) is 5.12. The second-order valence-corrected chi connectivity index (χ2v) is 5.48. The molecule has 0 amide bonds. The molecule has 0 radical (unpaired) electrons. The van der Waals surface area contributed by atoms with Crippen molar-refractivity contribution in [2.75, 3.05) is 0 Å². The van der Waals surface area contributed by atoms with E-state index in [1.165, 1.54) is 0 Å². The van der Waals surface area contributed by atoms with Gasteiger partial charge in [0.05, 0.1) is 11.2 Å². The minimum absolute atomic E-state index is 0.0449. The van der Waals surface area contributed by atoms with Crippen molar-refractivity contribution in [3.63, 3.8) is 0 Å². The normalized spacial score (nSPS) is 10.9. The van der Waals surface area contributed by atoms with E-state index in [-0.39, 0.29) is 6.61 Å². The van der Waals surface area contributed by atoms with E-state index < -0.39 is 5.97 Å². The fraction of sp³-hybridized carbons (Fsp3) is 0.235. The number of benzene rings is 1. The largest absolute Gasteiger partial charge is 0.457 e. The summed E-state index contributed by atoms with van der Waals surface area (Å²) in [5.41, 5.74) is 2.44. The molecular formula is C17H15ClN2O3. The molecule has 0 N–H and O–H groups in total. The van der Waals surface area contributed by atoms with E-state index in [2.05, 4.69) is 10.1 Å². The molecule has 0 aliphatic heterocycles. The van der Waals surface area contributed by atoms with Crippen molar-refractivity contribution >= 4 is 28.5 Å². The number of halogens is 1. The van der Waals surface area contributed by atoms with Crippen molar-refractivity contribution in [3.8, 4) is 0 Å². The number of pyridine rings is 1. The smallest absolute Gasteiger partial charge is 0.344 e. The third-order valence-electron chi connectivity index (χ3n) is 3.58. The molecule has 3 rings (SSSR count). The summed E-state index contributed by atoms with van der Waals surface area (Å²) < 4.78 is 10.4. The number of aromatic nitrogens is 2. The summed E-state index contributed by atoms with van der Waals surface area (Å²) in [5.74, 6) is -0.0144. The van der Waals surface area contributed by atoms with E-state index >= 15 is 0 Å². The molecule has 2 aromatic heterocycles. The fourth-order valence-corrected chi connectivity index (χ4v) is 2.57. The Labute approximate surface area is 138 Å². The molecule has 0 saturated heterocycles. The van der Waals surface area contributed by atoms with Crippen LogP contribution >= 0.6 is 11.6 Å². The molecule has 0 unspecified atom stereocenters. The molecule has 3 aromatic rings. The summed E-state index contributed by atoms with van der Waals surface area (Å²) in [6.07, 6.45) is 0.597. The summed E-state index contributed by atoms with van der Waals surface area (Å²) >= 11 is 6.17. The van der Waals surface area contributed by atoms with Crippen molar-refractivity contribution in [2.24, 2.45) is 0 Å². The highest BCUT2D eigenvalue weighted by molar-refractivity contribution is 6.30. The minimum atomic E-state index is -0.468. The Kier molecular flexibility index (Phi) is 4.30. The Balaban J connectivity index is 1.81. The van der Waals surface area contributed by atoms with Crippen molar-refractivity contribution in [2.45, 2.75) is 26.9 Å². The van der Waals surface area contributed by atoms with Crippen LogP contribution in [0.25, 0.3) is 10.9 Å². The summed E-state index contributed by atoms with van der Waals surface area (Å²) in [6.45, 7) is 3.63. The Bertz CT molecular complexity index is 873. The third kappa shape index (κ3) is 3.05. The van der Waals surface area contributed by atoms with Gasteiger partial charge in [-0.1, -0.05) is 41.9 Å². The van der Waals surface area contributed by atoms with Crippen LogP contribution < -0.4 is 0 Å². The Morgan fingerprint density at radius 2 is 2.13 bits per heavy atom. The van der Waals surface area contributed by atoms with Crippen LogP contribution in [0.15, 0.2) is 34.9 Å². The maximum absolute atomic E-state index is 12.3. The molecule has 1 aromatic carbocycles. The van der Waals surface area contributed by atoms with E-state index in [1.54, 1.807) is 6.92 Å². The zero-order chi connectivity index (χ0) is 16.4. The highest BCUT2D eigenvalue weighted by atomic mass is 35.5. The number of hydrogen-bond acceptors (Lipinski definition) is 5. The predicted octanol–water partition coefficient (Wildman–Crippen LogP) is 4.10. The van der Waals surface area contributed by atoms with Gasteiger partial charge < -0.3 is 9.26 Å². The summed E-state index contributed by atoms with van der Waals surface area (Å²) in [5, 5.41) is 5.13. The van der Waals surface area contributed by atoms with Gasteiger partial charge in [0.25, 0.3) is 0 Å². The molecule has 0 aliphatic carbocycles. The van der Waals surface area contributed by atoms with Crippen molar-refractivity contribution in [1.82, 2.24) is 10.1 Å². The van der Waals surface area contributed by atoms with Crippen LogP contribution in [0.2, 0.25) is 5.15 Å². The highest BCUT2D eigenvalue weighted by Gasteiger charge is 2.21. The Morgan fingerprint density at radius 3 is 2.91 bits per heavy atom. The van der Waals surface area contributed by atoms with Crippen LogP contribution in [-0.4, -0.2) is 16.1 Å². The SMILES string of the molecule is CCc1noc(C)c1C(=O)OCc1cc2ccccc2nc1Cl. The first-order valence-electron chi connectivity index (χ1n) is 7.26. The van der Waals surface area contributed by atoms with Gasteiger partial charge in [0, 0.05) is 10.9 Å². The minimum Gasteiger partial charge on any atom is -0.457 e. The summed E-state index contributed by atoms with van der Waals surface area (Å²) in [6, 6.07) is 9.50. The van der Waals surface area contributed by atoms with Gasteiger partial charge in [-0.05, 0) is 25.5 Å². The van der Waals surface area contributed by atoms with Gasteiger partial charge >= 0.3 is 5.97 Å². The van der Waals surface area contributed by atoms with Crippen molar-refractivity contribution in [3.05, 3.63) is 58.1 Å². The lowest BCUT2D eigenvalue weighted by Gasteiger charge is -2.08. The number of aryl methyl sites for hydroxylation is 2.